The molecule has 1 heteroatoms. The molecule has 0 amide bonds. The average molecular weight is 324 g/mol. The fourth-order valence-corrected chi connectivity index (χ4v) is 3.26. The number of rotatable bonds is 10. The number of hydrogen-bond acceptors (Lipinski definition) is 1. The Morgan fingerprint density at radius 2 is 1.29 bits per heavy atom. The summed E-state index contributed by atoms with van der Waals surface area (Å²) in [5.41, 5.74) is 5.80. The molecule has 0 aliphatic rings. The van der Waals surface area contributed by atoms with Crippen LogP contribution in [-0.2, 0) is 25.9 Å². The third-order valence-electron chi connectivity index (χ3n) is 4.56. The third kappa shape index (κ3) is 6.13. The second-order valence-electron chi connectivity index (χ2n) is 6.81. The Hall–Kier alpha value is -1.60. The van der Waals surface area contributed by atoms with Crippen LogP contribution in [0.25, 0.3) is 0 Å². The van der Waals surface area contributed by atoms with Gasteiger partial charge in [-0.3, -0.25) is 4.90 Å². The van der Waals surface area contributed by atoms with Crippen LogP contribution in [0.5, 0.6) is 0 Å². The van der Waals surface area contributed by atoms with Crippen LogP contribution >= 0.6 is 0 Å². The topological polar surface area (TPSA) is 3.24 Å². The molecule has 1 nitrogen and oxygen atoms in total. The Balaban J connectivity index is 2.04. The maximum atomic E-state index is 2.58. The Bertz CT molecular complexity index is 602. The third-order valence-corrected chi connectivity index (χ3v) is 4.56. The molecule has 2 aromatic carbocycles. The summed E-state index contributed by atoms with van der Waals surface area (Å²) < 4.78 is 0. The van der Waals surface area contributed by atoms with E-state index in [2.05, 4.69) is 74.2 Å². The van der Waals surface area contributed by atoms with Crippen LogP contribution in [0.4, 0.5) is 0 Å². The lowest BCUT2D eigenvalue weighted by Gasteiger charge is -2.22. The number of aryl methyl sites for hydroxylation is 2. The second kappa shape index (κ2) is 10.3. The van der Waals surface area contributed by atoms with Crippen LogP contribution in [0.3, 0.4) is 0 Å². The molecule has 0 radical (unpaired) electrons. The minimum atomic E-state index is 1.04. The van der Waals surface area contributed by atoms with Crippen LogP contribution < -0.4 is 0 Å². The molecule has 0 saturated heterocycles. The summed E-state index contributed by atoms with van der Waals surface area (Å²) in [7, 11) is 0. The zero-order valence-corrected chi connectivity index (χ0v) is 15.7. The van der Waals surface area contributed by atoms with E-state index in [9.17, 15) is 0 Å². The fraction of sp³-hybridized carbons (Fsp3) is 0.478. The van der Waals surface area contributed by atoms with Crippen molar-refractivity contribution in [3.63, 3.8) is 0 Å². The summed E-state index contributed by atoms with van der Waals surface area (Å²) in [5, 5.41) is 0. The molecular weight excluding hydrogens is 290 g/mol. The number of hydrogen-bond donors (Lipinski definition) is 0. The second-order valence-corrected chi connectivity index (χ2v) is 6.81. The highest BCUT2D eigenvalue weighted by molar-refractivity contribution is 5.25. The average Bonchev–Trinajstić information content (AvgIpc) is 2.60. The highest BCUT2D eigenvalue weighted by atomic mass is 15.1. The summed E-state index contributed by atoms with van der Waals surface area (Å²) in [5.74, 6) is 0. The molecule has 2 rings (SSSR count). The number of nitrogens with zero attached hydrogens (tertiary/aromatic N) is 1. The minimum absolute atomic E-state index is 1.04. The molecule has 0 aliphatic carbocycles. The van der Waals surface area contributed by atoms with Crippen LogP contribution in [-0.4, -0.2) is 11.4 Å². The molecular formula is C23H33N. The zero-order chi connectivity index (χ0) is 17.2. The van der Waals surface area contributed by atoms with Gasteiger partial charge in [0.2, 0.25) is 0 Å². The molecule has 2 aromatic rings. The SMILES string of the molecule is CCCCc1cccc(CN(CCC)Cc2cccc(CC)c2)c1. The highest BCUT2D eigenvalue weighted by Gasteiger charge is 2.07. The van der Waals surface area contributed by atoms with Crippen molar-refractivity contribution in [3.05, 3.63) is 70.8 Å². The van der Waals surface area contributed by atoms with Gasteiger partial charge < -0.3 is 0 Å². The number of benzene rings is 2. The monoisotopic (exact) mass is 323 g/mol. The Kier molecular flexibility index (Phi) is 8.04. The first-order valence-corrected chi connectivity index (χ1v) is 9.63. The Morgan fingerprint density at radius 3 is 1.88 bits per heavy atom. The maximum absolute atomic E-state index is 2.58. The molecule has 0 spiro atoms. The van der Waals surface area contributed by atoms with Crippen LogP contribution in [0.1, 0.15) is 62.3 Å². The van der Waals surface area contributed by atoms with Crippen molar-refractivity contribution in [1.29, 1.82) is 0 Å². The van der Waals surface area contributed by atoms with Gasteiger partial charge in [0.1, 0.15) is 0 Å². The smallest absolute Gasteiger partial charge is 0.0237 e. The van der Waals surface area contributed by atoms with Gasteiger partial charge in [-0.05, 0) is 54.5 Å². The quantitative estimate of drug-likeness (QED) is 0.518. The van der Waals surface area contributed by atoms with E-state index in [0.29, 0.717) is 0 Å². The summed E-state index contributed by atoms with van der Waals surface area (Å²) in [6, 6.07) is 18.2. The molecule has 0 aromatic heterocycles. The minimum Gasteiger partial charge on any atom is -0.295 e. The molecule has 0 aliphatic heterocycles. The van der Waals surface area contributed by atoms with E-state index in [1.54, 1.807) is 0 Å². The highest BCUT2D eigenvalue weighted by Crippen LogP contribution is 2.15. The van der Waals surface area contributed by atoms with Gasteiger partial charge in [-0.1, -0.05) is 75.7 Å². The van der Waals surface area contributed by atoms with Crippen molar-refractivity contribution in [2.45, 2.75) is 66.0 Å². The fourth-order valence-electron chi connectivity index (χ4n) is 3.26. The Morgan fingerprint density at radius 1 is 0.708 bits per heavy atom. The Labute approximate surface area is 148 Å². The van der Waals surface area contributed by atoms with Gasteiger partial charge in [0, 0.05) is 13.1 Å². The van der Waals surface area contributed by atoms with Gasteiger partial charge in [0.15, 0.2) is 0 Å². The lowest BCUT2D eigenvalue weighted by Crippen LogP contribution is -2.23. The lowest BCUT2D eigenvalue weighted by molar-refractivity contribution is 0.257. The molecule has 0 unspecified atom stereocenters. The zero-order valence-electron chi connectivity index (χ0n) is 15.7. The largest absolute Gasteiger partial charge is 0.295 e. The first-order valence-electron chi connectivity index (χ1n) is 9.63. The molecule has 0 saturated carbocycles. The normalized spacial score (nSPS) is 11.2. The predicted octanol–water partition coefficient (Wildman–Crippen LogP) is 6.00. The summed E-state index contributed by atoms with van der Waals surface area (Å²) in [4.78, 5) is 2.58. The van der Waals surface area contributed by atoms with Crippen molar-refractivity contribution in [2.75, 3.05) is 6.54 Å². The summed E-state index contributed by atoms with van der Waals surface area (Å²) in [6.45, 7) is 10.00. The lowest BCUT2D eigenvalue weighted by atomic mass is 10.0. The van der Waals surface area contributed by atoms with Gasteiger partial charge in [-0.2, -0.15) is 0 Å². The van der Waals surface area contributed by atoms with Crippen molar-refractivity contribution in [2.24, 2.45) is 0 Å². The standard InChI is InChI=1S/C23H33N/c1-4-7-10-21-12-9-14-23(17-21)19-24(15-5-2)18-22-13-8-11-20(6-3)16-22/h8-9,11-14,16-17H,4-7,10,15,18-19H2,1-3H3. The molecule has 0 heterocycles. The van der Waals surface area contributed by atoms with E-state index >= 15 is 0 Å². The number of unbranched alkanes of at least 4 members (excludes halogenated alkanes) is 1. The van der Waals surface area contributed by atoms with Crippen LogP contribution in [0.2, 0.25) is 0 Å². The molecule has 0 N–H and O–H groups in total. The van der Waals surface area contributed by atoms with Crippen LogP contribution in [0, 0.1) is 0 Å². The van der Waals surface area contributed by atoms with Crippen molar-refractivity contribution < 1.29 is 0 Å². The van der Waals surface area contributed by atoms with E-state index in [1.807, 2.05) is 0 Å². The van der Waals surface area contributed by atoms with Crippen molar-refractivity contribution in [3.8, 4) is 0 Å². The van der Waals surface area contributed by atoms with E-state index in [1.165, 1.54) is 47.9 Å². The predicted molar refractivity (Wildman–Crippen MR) is 105 cm³/mol. The van der Waals surface area contributed by atoms with Gasteiger partial charge in [0.05, 0.1) is 0 Å². The summed E-state index contributed by atoms with van der Waals surface area (Å²) in [6.07, 6.45) is 6.06. The van der Waals surface area contributed by atoms with E-state index in [0.717, 1.165) is 26.1 Å². The van der Waals surface area contributed by atoms with Gasteiger partial charge >= 0.3 is 0 Å². The maximum Gasteiger partial charge on any atom is 0.0237 e. The van der Waals surface area contributed by atoms with Gasteiger partial charge in [-0.15, -0.1) is 0 Å². The first kappa shape index (κ1) is 18.7. The molecule has 130 valence electrons. The van der Waals surface area contributed by atoms with Gasteiger partial charge in [-0.25, -0.2) is 0 Å². The van der Waals surface area contributed by atoms with E-state index in [4.69, 9.17) is 0 Å². The van der Waals surface area contributed by atoms with Crippen molar-refractivity contribution in [1.82, 2.24) is 4.90 Å². The molecule has 0 fully saturated rings. The molecule has 0 atom stereocenters. The van der Waals surface area contributed by atoms with E-state index in [-0.39, 0.29) is 0 Å². The molecule has 0 bridgehead atoms. The van der Waals surface area contributed by atoms with E-state index < -0.39 is 0 Å². The van der Waals surface area contributed by atoms with Crippen LogP contribution in [0.15, 0.2) is 48.5 Å². The first-order chi connectivity index (χ1) is 11.7. The van der Waals surface area contributed by atoms with Crippen molar-refractivity contribution >= 4 is 0 Å². The summed E-state index contributed by atoms with van der Waals surface area (Å²) >= 11 is 0. The molecule has 24 heavy (non-hydrogen) atoms. The van der Waals surface area contributed by atoms with Gasteiger partial charge in [0.25, 0.3) is 0 Å².